The van der Waals surface area contributed by atoms with E-state index in [1.807, 2.05) is 41.5 Å². The van der Waals surface area contributed by atoms with Gasteiger partial charge >= 0.3 is 0 Å². The molecule has 2 aliphatic carbocycles. The van der Waals surface area contributed by atoms with E-state index in [0.717, 1.165) is 23.7 Å². The summed E-state index contributed by atoms with van der Waals surface area (Å²) < 4.78 is 0. The third-order valence-corrected chi connectivity index (χ3v) is 4.30. The molecule has 0 heterocycles. The van der Waals surface area contributed by atoms with E-state index in [1.54, 1.807) is 0 Å². The summed E-state index contributed by atoms with van der Waals surface area (Å²) in [6, 6.07) is 0. The van der Waals surface area contributed by atoms with Gasteiger partial charge in [-0.2, -0.15) is 0 Å². The molecule has 0 N–H and O–H groups in total. The van der Waals surface area contributed by atoms with Crippen molar-refractivity contribution in [2.24, 2.45) is 23.7 Å². The summed E-state index contributed by atoms with van der Waals surface area (Å²) in [5, 5.41) is 0. The Kier molecular flexibility index (Phi) is 23.7. The summed E-state index contributed by atoms with van der Waals surface area (Å²) in [6.45, 7) is 21.4. The first-order valence-corrected chi connectivity index (χ1v) is 9.65. The van der Waals surface area contributed by atoms with Gasteiger partial charge in [-0.15, -0.1) is 0 Å². The molecule has 2 fully saturated rings. The quantitative estimate of drug-likeness (QED) is 0.493. The van der Waals surface area contributed by atoms with Crippen LogP contribution in [0.2, 0.25) is 0 Å². The number of hydrogen-bond acceptors (Lipinski definition) is 0. The summed E-state index contributed by atoms with van der Waals surface area (Å²) in [6.07, 6.45) is 8.83. The highest BCUT2D eigenvalue weighted by Gasteiger charge is 2.30. The second kappa shape index (κ2) is 19.0. The highest BCUT2D eigenvalue weighted by molar-refractivity contribution is 4.80. The van der Waals surface area contributed by atoms with Crippen molar-refractivity contribution in [2.75, 3.05) is 0 Å². The Balaban J connectivity index is -0.000000224. The largest absolute Gasteiger partial charge is 0.0683 e. The summed E-state index contributed by atoms with van der Waals surface area (Å²) >= 11 is 0. The van der Waals surface area contributed by atoms with Gasteiger partial charge in [-0.1, -0.05) is 94.9 Å². The molecule has 2 atom stereocenters. The van der Waals surface area contributed by atoms with Crippen LogP contribution in [-0.2, 0) is 0 Å². The Hall–Kier alpha value is 0. The maximum Gasteiger partial charge on any atom is -0.0386 e. The molecule has 2 rings (SSSR count). The highest BCUT2D eigenvalue weighted by Crippen LogP contribution is 2.40. The van der Waals surface area contributed by atoms with Crippen LogP contribution in [0.1, 0.15) is 108 Å². The third kappa shape index (κ3) is 14.4. The minimum Gasteiger partial charge on any atom is -0.0683 e. The lowest BCUT2D eigenvalue weighted by atomic mass is 9.88. The van der Waals surface area contributed by atoms with Crippen LogP contribution in [0.3, 0.4) is 0 Å². The normalized spacial score (nSPS) is 18.9. The van der Waals surface area contributed by atoms with Gasteiger partial charge in [-0.3, -0.25) is 0 Å². The molecule has 0 radical (unpaired) electrons. The lowest BCUT2D eigenvalue weighted by Gasteiger charge is -2.18. The minimum absolute atomic E-state index is 0.956. The molecule has 126 valence electrons. The molecule has 0 heteroatoms. The van der Waals surface area contributed by atoms with E-state index in [4.69, 9.17) is 0 Å². The monoisotopic (exact) mass is 286 g/mol. The van der Waals surface area contributed by atoms with Gasteiger partial charge in [-0.05, 0) is 36.5 Å². The summed E-state index contributed by atoms with van der Waals surface area (Å²) in [5.74, 6) is 4.11. The molecule has 20 heavy (non-hydrogen) atoms. The van der Waals surface area contributed by atoms with Gasteiger partial charge in [0.25, 0.3) is 0 Å². The molecule has 0 amide bonds. The second-order valence-corrected chi connectivity index (χ2v) is 5.62. The molecule has 0 aromatic carbocycles. The van der Waals surface area contributed by atoms with Gasteiger partial charge in [0, 0.05) is 0 Å². The minimum atomic E-state index is 0.956. The molecule has 2 aliphatic rings. The van der Waals surface area contributed by atoms with E-state index >= 15 is 0 Å². The van der Waals surface area contributed by atoms with Crippen LogP contribution in [0.4, 0.5) is 0 Å². The van der Waals surface area contributed by atoms with E-state index in [1.165, 1.54) is 38.5 Å². The van der Waals surface area contributed by atoms with Gasteiger partial charge < -0.3 is 0 Å². The second-order valence-electron chi connectivity index (χ2n) is 5.62. The Bertz CT molecular complexity index is 142. The lowest BCUT2D eigenvalue weighted by molar-refractivity contribution is 0.337. The fraction of sp³-hybridized carbons (Fsp3) is 1.00. The summed E-state index contributed by atoms with van der Waals surface area (Å²) in [7, 11) is 0. The number of rotatable bonds is 3. The van der Waals surface area contributed by atoms with E-state index in [-0.39, 0.29) is 0 Å². The van der Waals surface area contributed by atoms with Crippen molar-refractivity contribution in [2.45, 2.75) is 108 Å². The van der Waals surface area contributed by atoms with E-state index < -0.39 is 0 Å². The first-order valence-electron chi connectivity index (χ1n) is 9.65. The van der Waals surface area contributed by atoms with Gasteiger partial charge in [0.2, 0.25) is 0 Å². The third-order valence-electron chi connectivity index (χ3n) is 4.30. The van der Waals surface area contributed by atoms with Crippen LogP contribution in [0, 0.1) is 23.7 Å². The van der Waals surface area contributed by atoms with Crippen LogP contribution in [0.5, 0.6) is 0 Å². The molecule has 2 unspecified atom stereocenters. The van der Waals surface area contributed by atoms with Crippen molar-refractivity contribution in [3.05, 3.63) is 0 Å². The maximum atomic E-state index is 2.41. The predicted molar refractivity (Wildman–Crippen MR) is 98.4 cm³/mol. The Morgan fingerprint density at radius 3 is 1.30 bits per heavy atom. The average Bonchev–Trinajstić information content (AvgIpc) is 3.35. The zero-order chi connectivity index (χ0) is 16.6. The fourth-order valence-electron chi connectivity index (χ4n) is 2.07. The fourth-order valence-corrected chi connectivity index (χ4v) is 2.07. The van der Waals surface area contributed by atoms with Gasteiger partial charge in [0.1, 0.15) is 0 Å². The van der Waals surface area contributed by atoms with Crippen molar-refractivity contribution >= 4 is 0 Å². The standard InChI is InChI=1S/C9H18.C5H10.3C2H6/c1-4-7(2)8(3)9-5-6-9;1-5-3-2-4-5;3*1-2/h7-9H,4-6H2,1-3H3;5H,2-4H2,1H3;3*1-2H3. The lowest BCUT2D eigenvalue weighted by Crippen LogP contribution is -2.08. The Labute approximate surface area is 132 Å². The molecule has 2 saturated carbocycles. The average molecular weight is 287 g/mol. The zero-order valence-electron chi connectivity index (χ0n) is 16.6. The summed E-state index contributed by atoms with van der Waals surface area (Å²) in [4.78, 5) is 0. The van der Waals surface area contributed by atoms with E-state index in [0.29, 0.717) is 0 Å². The highest BCUT2D eigenvalue weighted by atomic mass is 14.4. The van der Waals surface area contributed by atoms with Gasteiger partial charge in [0.15, 0.2) is 0 Å². The molecule has 0 aliphatic heterocycles. The molecule has 0 bridgehead atoms. The summed E-state index contributed by atoms with van der Waals surface area (Å²) in [5.41, 5.74) is 0. The molecule has 0 nitrogen and oxygen atoms in total. The molecule has 0 aromatic rings. The van der Waals surface area contributed by atoms with Crippen molar-refractivity contribution < 1.29 is 0 Å². The Morgan fingerprint density at radius 1 is 0.800 bits per heavy atom. The van der Waals surface area contributed by atoms with Crippen LogP contribution in [-0.4, -0.2) is 0 Å². The molecular formula is C20H46. The van der Waals surface area contributed by atoms with Crippen LogP contribution < -0.4 is 0 Å². The van der Waals surface area contributed by atoms with Crippen molar-refractivity contribution in [1.82, 2.24) is 0 Å². The Morgan fingerprint density at radius 2 is 1.15 bits per heavy atom. The SMILES string of the molecule is CC.CC.CC.CC1CCC1.CCC(C)C(C)C1CC1. The van der Waals surface area contributed by atoms with Crippen molar-refractivity contribution in [1.29, 1.82) is 0 Å². The number of hydrogen-bond donors (Lipinski definition) is 0. The first-order chi connectivity index (χ1) is 9.65. The molecule has 0 aromatic heterocycles. The van der Waals surface area contributed by atoms with Gasteiger partial charge in [-0.25, -0.2) is 0 Å². The molecule has 0 spiro atoms. The van der Waals surface area contributed by atoms with E-state index in [2.05, 4.69) is 27.7 Å². The zero-order valence-corrected chi connectivity index (χ0v) is 16.6. The first kappa shape index (κ1) is 25.0. The predicted octanol–water partition coefficient (Wildman–Crippen LogP) is 7.96. The maximum absolute atomic E-state index is 2.41. The van der Waals surface area contributed by atoms with E-state index in [9.17, 15) is 0 Å². The van der Waals surface area contributed by atoms with Crippen molar-refractivity contribution in [3.63, 3.8) is 0 Å². The van der Waals surface area contributed by atoms with Gasteiger partial charge in [0.05, 0.1) is 0 Å². The smallest absolute Gasteiger partial charge is 0.0386 e. The molecule has 0 saturated heterocycles. The molecular weight excluding hydrogens is 240 g/mol. The van der Waals surface area contributed by atoms with Crippen LogP contribution in [0.25, 0.3) is 0 Å². The van der Waals surface area contributed by atoms with Crippen molar-refractivity contribution in [3.8, 4) is 0 Å². The van der Waals surface area contributed by atoms with Crippen LogP contribution in [0.15, 0.2) is 0 Å². The van der Waals surface area contributed by atoms with Crippen LogP contribution >= 0.6 is 0 Å². The topological polar surface area (TPSA) is 0 Å².